The molecule has 0 aliphatic heterocycles. The van der Waals surface area contributed by atoms with Crippen LogP contribution in [0.1, 0.15) is 51.1 Å². The van der Waals surface area contributed by atoms with E-state index in [1.165, 1.54) is 6.33 Å². The molecule has 0 N–H and O–H groups in total. The van der Waals surface area contributed by atoms with E-state index in [9.17, 15) is 9.59 Å². The van der Waals surface area contributed by atoms with Gasteiger partial charge in [0.25, 0.3) is 5.56 Å². The molecule has 0 fully saturated rings. The Hall–Kier alpha value is -2.63. The molecule has 0 bridgehead atoms. The molecule has 3 rings (SSSR count). The summed E-state index contributed by atoms with van der Waals surface area (Å²) in [6.45, 7) is 9.22. The number of carbonyl (C=O) groups is 1. The third-order valence-electron chi connectivity index (χ3n) is 3.70. The topological polar surface area (TPSA) is 65.6 Å². The van der Waals surface area contributed by atoms with Crippen LogP contribution >= 0.6 is 0 Å². The van der Waals surface area contributed by atoms with Gasteiger partial charge in [-0.1, -0.05) is 12.1 Å². The predicted octanol–water partition coefficient (Wildman–Crippen LogP) is 3.19. The van der Waals surface area contributed by atoms with Gasteiger partial charge in [-0.25, -0.2) is 9.78 Å². The van der Waals surface area contributed by atoms with Gasteiger partial charge in [0.05, 0.1) is 11.0 Å². The van der Waals surface area contributed by atoms with E-state index in [4.69, 9.17) is 4.74 Å². The predicted molar refractivity (Wildman–Crippen MR) is 92.5 cm³/mol. The number of hydrogen-bond acceptors (Lipinski definition) is 4. The first-order chi connectivity index (χ1) is 11.2. The second kappa shape index (κ2) is 5.47. The van der Waals surface area contributed by atoms with Crippen molar-refractivity contribution < 1.29 is 9.53 Å². The van der Waals surface area contributed by atoms with Crippen LogP contribution in [0.4, 0.5) is 0 Å². The van der Waals surface area contributed by atoms with Gasteiger partial charge in [-0.15, -0.1) is 0 Å². The first kappa shape index (κ1) is 16.2. The lowest BCUT2D eigenvalue weighted by Crippen LogP contribution is -2.28. The SMILES string of the molecule is CC(C)n1c(=O)c2c(C(=O)OC(C)(C)C)ncn2c2ccccc21. The number of esters is 1. The number of ether oxygens (including phenoxy) is 1. The van der Waals surface area contributed by atoms with E-state index in [1.807, 2.05) is 38.1 Å². The molecule has 3 aromatic rings. The number of imidazole rings is 1. The van der Waals surface area contributed by atoms with E-state index in [0.717, 1.165) is 11.0 Å². The molecule has 0 amide bonds. The van der Waals surface area contributed by atoms with Crippen molar-refractivity contribution in [1.82, 2.24) is 14.0 Å². The van der Waals surface area contributed by atoms with E-state index in [2.05, 4.69) is 4.98 Å². The summed E-state index contributed by atoms with van der Waals surface area (Å²) < 4.78 is 8.74. The van der Waals surface area contributed by atoms with Crippen molar-refractivity contribution in [3.05, 3.63) is 46.6 Å². The van der Waals surface area contributed by atoms with Crippen molar-refractivity contribution >= 4 is 22.5 Å². The van der Waals surface area contributed by atoms with Gasteiger partial charge in [0.15, 0.2) is 5.69 Å². The van der Waals surface area contributed by atoms with Crippen LogP contribution in [0.2, 0.25) is 0 Å². The van der Waals surface area contributed by atoms with Crippen LogP contribution < -0.4 is 5.56 Å². The van der Waals surface area contributed by atoms with Crippen molar-refractivity contribution in [2.75, 3.05) is 0 Å². The molecule has 0 atom stereocenters. The zero-order valence-corrected chi connectivity index (χ0v) is 14.5. The molecule has 126 valence electrons. The van der Waals surface area contributed by atoms with Crippen molar-refractivity contribution in [3.63, 3.8) is 0 Å². The van der Waals surface area contributed by atoms with E-state index in [1.54, 1.807) is 29.7 Å². The highest BCUT2D eigenvalue weighted by molar-refractivity contribution is 5.96. The van der Waals surface area contributed by atoms with E-state index >= 15 is 0 Å². The van der Waals surface area contributed by atoms with E-state index in [-0.39, 0.29) is 22.8 Å². The van der Waals surface area contributed by atoms with Crippen molar-refractivity contribution in [3.8, 4) is 0 Å². The summed E-state index contributed by atoms with van der Waals surface area (Å²) in [5.74, 6) is -0.590. The van der Waals surface area contributed by atoms with Crippen molar-refractivity contribution in [1.29, 1.82) is 0 Å². The molecule has 0 saturated heterocycles. The molecular formula is C18H21N3O3. The van der Waals surface area contributed by atoms with Gasteiger partial charge in [-0.05, 0) is 46.8 Å². The van der Waals surface area contributed by atoms with Crippen molar-refractivity contribution in [2.24, 2.45) is 0 Å². The minimum atomic E-state index is -0.652. The number of nitrogens with zero attached hydrogens (tertiary/aromatic N) is 3. The standard InChI is InChI=1S/C18H21N3O3/c1-11(2)21-13-9-7-6-8-12(13)20-10-19-14(15(20)16(21)22)17(23)24-18(3,4)5/h6-11H,1-5H3. The summed E-state index contributed by atoms with van der Waals surface area (Å²) in [5, 5.41) is 0. The van der Waals surface area contributed by atoms with E-state index in [0.29, 0.717) is 0 Å². The zero-order valence-electron chi connectivity index (χ0n) is 14.5. The van der Waals surface area contributed by atoms with Crippen LogP contribution in [0.5, 0.6) is 0 Å². The molecule has 0 radical (unpaired) electrons. The molecule has 2 aromatic heterocycles. The lowest BCUT2D eigenvalue weighted by molar-refractivity contribution is 0.00657. The third kappa shape index (κ3) is 2.58. The van der Waals surface area contributed by atoms with Crippen LogP contribution in [-0.4, -0.2) is 25.5 Å². The number of fused-ring (bicyclic) bond motifs is 3. The van der Waals surface area contributed by atoms with Gasteiger partial charge in [-0.2, -0.15) is 0 Å². The second-order valence-corrected chi connectivity index (χ2v) is 7.07. The fraction of sp³-hybridized carbons (Fsp3) is 0.389. The summed E-state index contributed by atoms with van der Waals surface area (Å²) in [6.07, 6.45) is 1.50. The smallest absolute Gasteiger partial charge is 0.359 e. The van der Waals surface area contributed by atoms with E-state index < -0.39 is 11.6 Å². The number of hydrogen-bond donors (Lipinski definition) is 0. The number of aromatic nitrogens is 3. The molecule has 0 saturated carbocycles. The van der Waals surface area contributed by atoms with Crippen LogP contribution in [0, 0.1) is 0 Å². The Labute approximate surface area is 139 Å². The molecular weight excluding hydrogens is 306 g/mol. The Morgan fingerprint density at radius 2 is 1.79 bits per heavy atom. The monoisotopic (exact) mass is 327 g/mol. The summed E-state index contributed by atoms with van der Waals surface area (Å²) in [7, 11) is 0. The van der Waals surface area contributed by atoms with Crippen LogP contribution in [0.3, 0.4) is 0 Å². The summed E-state index contributed by atoms with van der Waals surface area (Å²) in [5.41, 5.74) is 1.02. The maximum atomic E-state index is 13.0. The summed E-state index contributed by atoms with van der Waals surface area (Å²) >= 11 is 0. The minimum absolute atomic E-state index is 0.0474. The Morgan fingerprint density at radius 3 is 2.38 bits per heavy atom. The van der Waals surface area contributed by atoms with Crippen LogP contribution in [-0.2, 0) is 4.74 Å². The van der Waals surface area contributed by atoms with Crippen LogP contribution in [0.15, 0.2) is 35.4 Å². The Morgan fingerprint density at radius 1 is 1.17 bits per heavy atom. The molecule has 1 aromatic carbocycles. The molecule has 0 unspecified atom stereocenters. The number of para-hydroxylation sites is 2. The fourth-order valence-electron chi connectivity index (χ4n) is 2.82. The molecule has 6 heteroatoms. The summed E-state index contributed by atoms with van der Waals surface area (Å²) in [4.78, 5) is 29.7. The van der Waals surface area contributed by atoms with Gasteiger partial charge in [0, 0.05) is 6.04 Å². The molecule has 2 heterocycles. The van der Waals surface area contributed by atoms with Crippen LogP contribution in [0.25, 0.3) is 16.6 Å². The Balaban J connectivity index is 2.37. The number of rotatable bonds is 2. The number of carbonyl (C=O) groups excluding carboxylic acids is 1. The quantitative estimate of drug-likeness (QED) is 0.678. The third-order valence-corrected chi connectivity index (χ3v) is 3.70. The normalized spacial score (nSPS) is 12.2. The number of benzene rings is 1. The summed E-state index contributed by atoms with van der Waals surface area (Å²) in [6, 6.07) is 7.53. The van der Waals surface area contributed by atoms with Crippen molar-refractivity contribution in [2.45, 2.75) is 46.3 Å². The highest BCUT2D eigenvalue weighted by Crippen LogP contribution is 2.20. The lowest BCUT2D eigenvalue weighted by Gasteiger charge is -2.19. The Bertz CT molecular complexity index is 990. The lowest BCUT2D eigenvalue weighted by atomic mass is 10.2. The van der Waals surface area contributed by atoms with Gasteiger partial charge in [-0.3, -0.25) is 9.20 Å². The average Bonchev–Trinajstić information content (AvgIpc) is 2.91. The van der Waals surface area contributed by atoms with Gasteiger partial charge >= 0.3 is 5.97 Å². The van der Waals surface area contributed by atoms with Gasteiger partial charge < -0.3 is 9.30 Å². The Kier molecular flexibility index (Phi) is 3.70. The highest BCUT2D eigenvalue weighted by Gasteiger charge is 2.25. The van der Waals surface area contributed by atoms with Gasteiger partial charge in [0.1, 0.15) is 17.4 Å². The van der Waals surface area contributed by atoms with Gasteiger partial charge in [0.2, 0.25) is 0 Å². The molecule has 6 nitrogen and oxygen atoms in total. The maximum Gasteiger partial charge on any atom is 0.359 e. The molecule has 0 aliphatic rings. The second-order valence-electron chi connectivity index (χ2n) is 7.07. The largest absolute Gasteiger partial charge is 0.455 e. The first-order valence-corrected chi connectivity index (χ1v) is 7.94. The average molecular weight is 327 g/mol. The molecule has 0 aliphatic carbocycles. The zero-order chi connectivity index (χ0) is 17.6. The molecule has 24 heavy (non-hydrogen) atoms. The maximum absolute atomic E-state index is 13.0. The molecule has 0 spiro atoms. The highest BCUT2D eigenvalue weighted by atomic mass is 16.6. The fourth-order valence-corrected chi connectivity index (χ4v) is 2.82. The minimum Gasteiger partial charge on any atom is -0.455 e. The first-order valence-electron chi connectivity index (χ1n) is 7.94.